The van der Waals surface area contributed by atoms with Crippen LogP contribution in [-0.4, -0.2) is 20.9 Å². The van der Waals surface area contributed by atoms with Crippen molar-refractivity contribution in [3.05, 3.63) is 17.5 Å². The predicted molar refractivity (Wildman–Crippen MR) is 66.9 cm³/mol. The van der Waals surface area contributed by atoms with Gasteiger partial charge >= 0.3 is 5.97 Å². The van der Waals surface area contributed by atoms with Gasteiger partial charge in [0.2, 0.25) is 0 Å². The van der Waals surface area contributed by atoms with Gasteiger partial charge in [-0.05, 0) is 25.8 Å². The maximum atomic E-state index is 11.4. The highest BCUT2D eigenvalue weighted by molar-refractivity contribution is 5.74. The van der Waals surface area contributed by atoms with E-state index in [2.05, 4.69) is 12.0 Å². The van der Waals surface area contributed by atoms with Gasteiger partial charge in [0.05, 0.1) is 11.1 Å². The molecule has 1 unspecified atom stereocenters. The number of hydrogen-bond acceptors (Lipinski definition) is 2. The Morgan fingerprint density at radius 2 is 2.18 bits per heavy atom. The predicted octanol–water partition coefficient (Wildman–Crippen LogP) is 2.42. The Morgan fingerprint density at radius 3 is 2.59 bits per heavy atom. The van der Waals surface area contributed by atoms with E-state index < -0.39 is 11.4 Å². The molecule has 17 heavy (non-hydrogen) atoms. The van der Waals surface area contributed by atoms with E-state index >= 15 is 0 Å². The van der Waals surface area contributed by atoms with Crippen LogP contribution in [-0.2, 0) is 24.7 Å². The van der Waals surface area contributed by atoms with Crippen molar-refractivity contribution in [2.45, 2.75) is 46.5 Å². The first-order chi connectivity index (χ1) is 7.92. The molecule has 0 aliphatic rings. The minimum absolute atomic E-state index is 0.541. The minimum atomic E-state index is -0.724. The average molecular weight is 238 g/mol. The molecule has 0 saturated heterocycles. The van der Waals surface area contributed by atoms with Gasteiger partial charge in [0.15, 0.2) is 0 Å². The lowest BCUT2D eigenvalue weighted by Gasteiger charge is -2.24. The summed E-state index contributed by atoms with van der Waals surface area (Å²) >= 11 is 0. The zero-order valence-corrected chi connectivity index (χ0v) is 11.2. The summed E-state index contributed by atoms with van der Waals surface area (Å²) in [6.07, 6.45) is 2.99. The number of carboxylic acids is 1. The van der Waals surface area contributed by atoms with Crippen molar-refractivity contribution in [1.29, 1.82) is 0 Å². The van der Waals surface area contributed by atoms with Crippen LogP contribution in [0.1, 0.15) is 45.0 Å². The number of carbonyl (C=O) groups is 1. The fourth-order valence-electron chi connectivity index (χ4n) is 2.13. The molecule has 0 saturated carbocycles. The Labute approximate surface area is 103 Å². The van der Waals surface area contributed by atoms with Crippen LogP contribution in [0.3, 0.4) is 0 Å². The summed E-state index contributed by atoms with van der Waals surface area (Å²) in [5.74, 6) is -0.724. The van der Waals surface area contributed by atoms with E-state index in [1.165, 1.54) is 0 Å². The topological polar surface area (TPSA) is 55.1 Å². The lowest BCUT2D eigenvalue weighted by atomic mass is 9.81. The summed E-state index contributed by atoms with van der Waals surface area (Å²) < 4.78 is 1.80. The number of aromatic nitrogens is 2. The van der Waals surface area contributed by atoms with E-state index in [0.717, 1.165) is 24.2 Å². The third-order valence-electron chi connectivity index (χ3n) is 3.28. The lowest BCUT2D eigenvalue weighted by molar-refractivity contribution is -0.148. The third kappa shape index (κ3) is 3.08. The molecule has 1 aromatic heterocycles. The quantitative estimate of drug-likeness (QED) is 0.828. The molecule has 96 valence electrons. The second kappa shape index (κ2) is 5.34. The molecule has 0 radical (unpaired) electrons. The minimum Gasteiger partial charge on any atom is -0.481 e. The van der Waals surface area contributed by atoms with Crippen LogP contribution in [0.2, 0.25) is 0 Å². The summed E-state index contributed by atoms with van der Waals surface area (Å²) in [6, 6.07) is 2.01. The summed E-state index contributed by atoms with van der Waals surface area (Å²) in [5.41, 5.74) is 1.33. The maximum absolute atomic E-state index is 11.4. The van der Waals surface area contributed by atoms with E-state index in [9.17, 15) is 9.90 Å². The van der Waals surface area contributed by atoms with Crippen LogP contribution in [0.15, 0.2) is 6.07 Å². The molecule has 1 rings (SSSR count). The lowest BCUT2D eigenvalue weighted by Crippen LogP contribution is -2.30. The molecular formula is C13H22N2O2. The number of aryl methyl sites for hydroxylation is 2. The summed E-state index contributed by atoms with van der Waals surface area (Å²) in [7, 11) is 1.88. The van der Waals surface area contributed by atoms with Crippen molar-refractivity contribution < 1.29 is 9.90 Å². The van der Waals surface area contributed by atoms with Gasteiger partial charge < -0.3 is 5.11 Å². The normalized spacial score (nSPS) is 14.6. The number of aliphatic carboxylic acids is 1. The van der Waals surface area contributed by atoms with E-state index in [0.29, 0.717) is 12.8 Å². The summed E-state index contributed by atoms with van der Waals surface area (Å²) in [6.45, 7) is 5.88. The van der Waals surface area contributed by atoms with Crippen molar-refractivity contribution in [2.24, 2.45) is 12.5 Å². The Kier molecular flexibility index (Phi) is 4.32. The van der Waals surface area contributed by atoms with Gasteiger partial charge in [0.1, 0.15) is 0 Å². The molecular weight excluding hydrogens is 216 g/mol. The van der Waals surface area contributed by atoms with Gasteiger partial charge in [-0.2, -0.15) is 5.10 Å². The van der Waals surface area contributed by atoms with Crippen LogP contribution in [0.25, 0.3) is 0 Å². The molecule has 0 aliphatic carbocycles. The highest BCUT2D eigenvalue weighted by atomic mass is 16.4. The SMILES string of the molecule is CCCC(C)(Cc1cc(CC)nn1C)C(=O)O. The Hall–Kier alpha value is -1.32. The molecule has 0 amide bonds. The zero-order chi connectivity index (χ0) is 13.1. The number of rotatable bonds is 6. The van der Waals surface area contributed by atoms with E-state index in [-0.39, 0.29) is 0 Å². The van der Waals surface area contributed by atoms with Crippen molar-refractivity contribution in [1.82, 2.24) is 9.78 Å². The molecule has 4 heteroatoms. The number of hydrogen-bond donors (Lipinski definition) is 1. The van der Waals surface area contributed by atoms with E-state index in [1.54, 1.807) is 4.68 Å². The molecule has 1 atom stereocenters. The molecule has 1 heterocycles. The molecule has 0 aliphatic heterocycles. The van der Waals surface area contributed by atoms with Gasteiger partial charge in [-0.1, -0.05) is 20.3 Å². The van der Waals surface area contributed by atoms with Crippen molar-refractivity contribution >= 4 is 5.97 Å². The van der Waals surface area contributed by atoms with Crippen LogP contribution in [0.5, 0.6) is 0 Å². The van der Waals surface area contributed by atoms with E-state index in [4.69, 9.17) is 0 Å². The van der Waals surface area contributed by atoms with Gasteiger partial charge in [-0.15, -0.1) is 0 Å². The third-order valence-corrected chi connectivity index (χ3v) is 3.28. The molecule has 1 aromatic rings. The highest BCUT2D eigenvalue weighted by Gasteiger charge is 2.33. The first-order valence-corrected chi connectivity index (χ1v) is 6.18. The number of nitrogens with zero attached hydrogens (tertiary/aromatic N) is 2. The fourth-order valence-corrected chi connectivity index (χ4v) is 2.13. The van der Waals surface area contributed by atoms with E-state index in [1.807, 2.05) is 27.0 Å². The molecule has 1 N–H and O–H groups in total. The largest absolute Gasteiger partial charge is 0.481 e. The molecule has 0 fully saturated rings. The van der Waals surface area contributed by atoms with Gasteiger partial charge in [0.25, 0.3) is 0 Å². The van der Waals surface area contributed by atoms with Crippen LogP contribution in [0, 0.1) is 5.41 Å². The Morgan fingerprint density at radius 1 is 1.53 bits per heavy atom. The Bertz CT molecular complexity index is 398. The first kappa shape index (κ1) is 13.7. The van der Waals surface area contributed by atoms with Crippen molar-refractivity contribution in [3.63, 3.8) is 0 Å². The smallest absolute Gasteiger partial charge is 0.309 e. The first-order valence-electron chi connectivity index (χ1n) is 6.18. The summed E-state index contributed by atoms with van der Waals surface area (Å²) in [5, 5.41) is 13.7. The maximum Gasteiger partial charge on any atom is 0.309 e. The second-order valence-electron chi connectivity index (χ2n) is 4.90. The van der Waals surface area contributed by atoms with Crippen LogP contribution < -0.4 is 0 Å². The molecule has 0 aromatic carbocycles. The van der Waals surface area contributed by atoms with Gasteiger partial charge in [0, 0.05) is 19.2 Å². The van der Waals surface area contributed by atoms with Crippen molar-refractivity contribution in [3.8, 4) is 0 Å². The summed E-state index contributed by atoms with van der Waals surface area (Å²) in [4.78, 5) is 11.4. The molecule has 0 spiro atoms. The zero-order valence-electron chi connectivity index (χ0n) is 11.2. The molecule has 0 bridgehead atoms. The van der Waals surface area contributed by atoms with Gasteiger partial charge in [-0.25, -0.2) is 0 Å². The van der Waals surface area contributed by atoms with Crippen LogP contribution in [0.4, 0.5) is 0 Å². The van der Waals surface area contributed by atoms with Crippen molar-refractivity contribution in [2.75, 3.05) is 0 Å². The monoisotopic (exact) mass is 238 g/mol. The average Bonchev–Trinajstić information content (AvgIpc) is 2.59. The fraction of sp³-hybridized carbons (Fsp3) is 0.692. The number of carboxylic acid groups (broad SMARTS) is 1. The Balaban J connectivity index is 2.93. The highest BCUT2D eigenvalue weighted by Crippen LogP contribution is 2.28. The second-order valence-corrected chi connectivity index (χ2v) is 4.90. The molecule has 4 nitrogen and oxygen atoms in total. The van der Waals surface area contributed by atoms with Crippen LogP contribution >= 0.6 is 0 Å². The standard InChI is InChI=1S/C13H22N2O2/c1-5-7-13(3,12(16)17)9-11-8-10(6-2)14-15(11)4/h8H,5-7,9H2,1-4H3,(H,16,17). The van der Waals surface area contributed by atoms with Gasteiger partial charge in [-0.3, -0.25) is 9.48 Å².